The Labute approximate surface area is 152 Å². The minimum atomic E-state index is -0.209. The number of amides is 2. The molecule has 0 aliphatic carbocycles. The number of pyridine rings is 1. The van der Waals surface area contributed by atoms with Crippen LogP contribution >= 0.6 is 11.3 Å². The second-order valence-corrected chi connectivity index (χ2v) is 7.41. The molecule has 1 aliphatic heterocycles. The number of urea groups is 1. The Morgan fingerprint density at radius 2 is 2.12 bits per heavy atom. The topological polar surface area (TPSA) is 60.5 Å². The molecule has 2 N–H and O–H groups in total. The fraction of sp³-hybridized carbons (Fsp3) is 0.444. The minimum Gasteiger partial charge on any atom is -0.357 e. The van der Waals surface area contributed by atoms with Crippen LogP contribution in [-0.2, 0) is 0 Å². The average molecular weight is 359 g/mol. The van der Waals surface area contributed by atoms with Gasteiger partial charge >= 0.3 is 6.03 Å². The first kappa shape index (κ1) is 17.7. The van der Waals surface area contributed by atoms with Crippen LogP contribution in [0.1, 0.15) is 23.8 Å². The molecule has 2 aromatic rings. The molecule has 1 atom stereocenters. The zero-order valence-corrected chi connectivity index (χ0v) is 15.6. The SMILES string of the molecule is CN(C)C(CNC(=O)Nc1ccc(N2CCCC2)nc1)c1cccs1. The van der Waals surface area contributed by atoms with E-state index in [1.807, 2.05) is 32.3 Å². The van der Waals surface area contributed by atoms with Gasteiger partial charge in [0.2, 0.25) is 0 Å². The molecule has 0 saturated carbocycles. The fourth-order valence-corrected chi connectivity index (χ4v) is 3.90. The molecule has 3 heterocycles. The van der Waals surface area contributed by atoms with Gasteiger partial charge in [-0.3, -0.25) is 0 Å². The van der Waals surface area contributed by atoms with Crippen molar-refractivity contribution in [3.63, 3.8) is 0 Å². The van der Waals surface area contributed by atoms with E-state index >= 15 is 0 Å². The van der Waals surface area contributed by atoms with E-state index in [4.69, 9.17) is 0 Å². The number of carbonyl (C=O) groups is 1. The number of rotatable bonds is 6. The molecule has 7 heteroatoms. The van der Waals surface area contributed by atoms with Gasteiger partial charge in [0.1, 0.15) is 5.82 Å². The molecule has 134 valence electrons. The van der Waals surface area contributed by atoms with Gasteiger partial charge in [-0.2, -0.15) is 0 Å². The quantitative estimate of drug-likeness (QED) is 0.832. The lowest BCUT2D eigenvalue weighted by molar-refractivity contribution is 0.244. The molecule has 2 amide bonds. The maximum atomic E-state index is 12.2. The van der Waals surface area contributed by atoms with Crippen molar-refractivity contribution >= 4 is 28.9 Å². The van der Waals surface area contributed by atoms with E-state index in [1.165, 1.54) is 17.7 Å². The van der Waals surface area contributed by atoms with Gasteiger partial charge < -0.3 is 20.4 Å². The molecule has 1 saturated heterocycles. The van der Waals surface area contributed by atoms with Gasteiger partial charge in [0.15, 0.2) is 0 Å². The molecule has 1 aliphatic rings. The summed E-state index contributed by atoms with van der Waals surface area (Å²) in [6, 6.07) is 7.96. The third kappa shape index (κ3) is 4.70. The summed E-state index contributed by atoms with van der Waals surface area (Å²) in [6.45, 7) is 2.68. The van der Waals surface area contributed by atoms with E-state index in [0.29, 0.717) is 12.2 Å². The molecular weight excluding hydrogens is 334 g/mol. The fourth-order valence-electron chi connectivity index (χ4n) is 2.98. The van der Waals surface area contributed by atoms with E-state index in [0.717, 1.165) is 18.9 Å². The van der Waals surface area contributed by atoms with Crippen molar-refractivity contribution in [2.24, 2.45) is 0 Å². The van der Waals surface area contributed by atoms with Gasteiger partial charge in [0.25, 0.3) is 0 Å². The summed E-state index contributed by atoms with van der Waals surface area (Å²) < 4.78 is 0. The second-order valence-electron chi connectivity index (χ2n) is 6.43. The summed E-state index contributed by atoms with van der Waals surface area (Å²) in [5.41, 5.74) is 0.706. The van der Waals surface area contributed by atoms with Crippen LogP contribution in [0.15, 0.2) is 35.8 Å². The van der Waals surface area contributed by atoms with E-state index < -0.39 is 0 Å². The number of thiophene rings is 1. The third-order valence-electron chi connectivity index (χ3n) is 4.39. The predicted octanol–water partition coefficient (Wildman–Crippen LogP) is 3.17. The summed E-state index contributed by atoms with van der Waals surface area (Å²) in [7, 11) is 4.04. The van der Waals surface area contributed by atoms with E-state index in [-0.39, 0.29) is 12.1 Å². The monoisotopic (exact) mass is 359 g/mol. The predicted molar refractivity (Wildman–Crippen MR) is 103 cm³/mol. The summed E-state index contributed by atoms with van der Waals surface area (Å²) in [5, 5.41) is 7.86. The van der Waals surface area contributed by atoms with Crippen molar-refractivity contribution in [1.29, 1.82) is 0 Å². The van der Waals surface area contributed by atoms with Crippen molar-refractivity contribution in [3.8, 4) is 0 Å². The van der Waals surface area contributed by atoms with Crippen LogP contribution in [-0.4, -0.2) is 49.6 Å². The Kier molecular flexibility index (Phi) is 5.88. The minimum absolute atomic E-state index is 0.168. The molecule has 2 aromatic heterocycles. The number of anilines is 2. The maximum Gasteiger partial charge on any atom is 0.319 e. The number of aromatic nitrogens is 1. The first-order valence-corrected chi connectivity index (χ1v) is 9.47. The van der Waals surface area contributed by atoms with Crippen LogP contribution in [0.2, 0.25) is 0 Å². The Hall–Kier alpha value is -2.12. The highest BCUT2D eigenvalue weighted by atomic mass is 32.1. The Balaban J connectivity index is 1.51. The summed E-state index contributed by atoms with van der Waals surface area (Å²) in [6.07, 6.45) is 4.17. The molecular formula is C18H25N5OS. The molecule has 0 bridgehead atoms. The van der Waals surface area contributed by atoms with Crippen molar-refractivity contribution < 1.29 is 4.79 Å². The van der Waals surface area contributed by atoms with Gasteiger partial charge in [-0.1, -0.05) is 6.07 Å². The van der Waals surface area contributed by atoms with Crippen LogP contribution < -0.4 is 15.5 Å². The Morgan fingerprint density at radius 3 is 2.72 bits per heavy atom. The van der Waals surface area contributed by atoms with Crippen molar-refractivity contribution in [3.05, 3.63) is 40.7 Å². The zero-order chi connectivity index (χ0) is 17.6. The average Bonchev–Trinajstić information content (AvgIpc) is 3.29. The van der Waals surface area contributed by atoms with Crippen molar-refractivity contribution in [1.82, 2.24) is 15.2 Å². The molecule has 1 unspecified atom stereocenters. The number of likely N-dealkylation sites (N-methyl/N-ethyl adjacent to an activating group) is 1. The molecule has 0 radical (unpaired) electrons. The largest absolute Gasteiger partial charge is 0.357 e. The lowest BCUT2D eigenvalue weighted by Crippen LogP contribution is -2.36. The molecule has 3 rings (SSSR count). The van der Waals surface area contributed by atoms with Gasteiger partial charge in [-0.15, -0.1) is 11.3 Å². The molecule has 0 aromatic carbocycles. The molecule has 1 fully saturated rings. The number of nitrogens with one attached hydrogen (secondary N) is 2. The molecule has 25 heavy (non-hydrogen) atoms. The van der Waals surface area contributed by atoms with Gasteiger partial charge in [0.05, 0.1) is 17.9 Å². The lowest BCUT2D eigenvalue weighted by Gasteiger charge is -2.23. The normalized spacial score (nSPS) is 15.4. The maximum absolute atomic E-state index is 12.2. The number of nitrogens with zero attached hydrogens (tertiary/aromatic N) is 3. The third-order valence-corrected chi connectivity index (χ3v) is 5.36. The summed E-state index contributed by atoms with van der Waals surface area (Å²) >= 11 is 1.70. The van der Waals surface area contributed by atoms with Crippen LogP contribution in [0.25, 0.3) is 0 Å². The first-order chi connectivity index (χ1) is 12.1. The highest BCUT2D eigenvalue weighted by Gasteiger charge is 2.16. The second kappa shape index (κ2) is 8.31. The van der Waals surface area contributed by atoms with Crippen molar-refractivity contribution in [2.45, 2.75) is 18.9 Å². The van der Waals surface area contributed by atoms with Crippen LogP contribution in [0.5, 0.6) is 0 Å². The number of hydrogen-bond acceptors (Lipinski definition) is 5. The van der Waals surface area contributed by atoms with Crippen LogP contribution in [0.4, 0.5) is 16.3 Å². The Morgan fingerprint density at radius 1 is 1.32 bits per heavy atom. The van der Waals surface area contributed by atoms with Crippen LogP contribution in [0, 0.1) is 0 Å². The first-order valence-electron chi connectivity index (χ1n) is 8.59. The van der Waals surface area contributed by atoms with Gasteiger partial charge in [-0.05, 0) is 50.5 Å². The van der Waals surface area contributed by atoms with Crippen LogP contribution in [0.3, 0.4) is 0 Å². The number of hydrogen-bond donors (Lipinski definition) is 2. The molecule has 0 spiro atoms. The van der Waals surface area contributed by atoms with Gasteiger partial charge in [-0.25, -0.2) is 9.78 Å². The standard InChI is InChI=1S/C18H25N5OS/c1-22(2)15(16-6-5-11-25-16)13-20-18(24)21-14-7-8-17(19-12-14)23-9-3-4-10-23/h5-8,11-12,15H,3-4,9-10,13H2,1-2H3,(H2,20,21,24). The molecule has 6 nitrogen and oxygen atoms in total. The number of carbonyl (C=O) groups excluding carboxylic acids is 1. The summed E-state index contributed by atoms with van der Waals surface area (Å²) in [4.78, 5) is 22.2. The van der Waals surface area contributed by atoms with Gasteiger partial charge in [0, 0.05) is 24.5 Å². The van der Waals surface area contributed by atoms with E-state index in [9.17, 15) is 4.79 Å². The highest BCUT2D eigenvalue weighted by Crippen LogP contribution is 2.22. The highest BCUT2D eigenvalue weighted by molar-refractivity contribution is 7.10. The summed E-state index contributed by atoms with van der Waals surface area (Å²) in [5.74, 6) is 0.980. The van der Waals surface area contributed by atoms with E-state index in [2.05, 4.69) is 36.9 Å². The zero-order valence-electron chi connectivity index (χ0n) is 14.7. The lowest BCUT2D eigenvalue weighted by atomic mass is 10.2. The Bertz CT molecular complexity index is 665. The van der Waals surface area contributed by atoms with E-state index in [1.54, 1.807) is 17.5 Å². The van der Waals surface area contributed by atoms with Crippen molar-refractivity contribution in [2.75, 3.05) is 43.9 Å². The smallest absolute Gasteiger partial charge is 0.319 e.